The highest BCUT2D eigenvalue weighted by molar-refractivity contribution is 5.28. The van der Waals surface area contributed by atoms with Gasteiger partial charge in [-0.05, 0) is 18.6 Å². The normalized spacial score (nSPS) is 12.6. The molecule has 1 aromatic heterocycles. The van der Waals surface area contributed by atoms with Gasteiger partial charge in [-0.25, -0.2) is 0 Å². The maximum Gasteiger partial charge on any atom is 0.0969 e. The van der Waals surface area contributed by atoms with Crippen LogP contribution in [0.4, 0.5) is 0 Å². The van der Waals surface area contributed by atoms with Gasteiger partial charge in [0.25, 0.3) is 0 Å². The summed E-state index contributed by atoms with van der Waals surface area (Å²) in [6, 6.07) is 9.90. The van der Waals surface area contributed by atoms with Gasteiger partial charge in [-0.2, -0.15) is 15.0 Å². The van der Waals surface area contributed by atoms with Crippen molar-refractivity contribution < 1.29 is 5.11 Å². The Labute approximate surface area is 106 Å². The zero-order valence-electron chi connectivity index (χ0n) is 10.5. The molecule has 0 amide bonds. The van der Waals surface area contributed by atoms with E-state index in [-0.39, 0.29) is 12.6 Å². The molecule has 0 spiro atoms. The summed E-state index contributed by atoms with van der Waals surface area (Å²) >= 11 is 0. The van der Waals surface area contributed by atoms with Gasteiger partial charge < -0.3 is 10.4 Å². The summed E-state index contributed by atoms with van der Waals surface area (Å²) in [4.78, 5) is 1.61. The summed E-state index contributed by atoms with van der Waals surface area (Å²) in [6.45, 7) is 2.80. The molecule has 0 saturated heterocycles. The Morgan fingerprint density at radius 1 is 1.33 bits per heavy atom. The van der Waals surface area contributed by atoms with E-state index in [0.717, 1.165) is 17.8 Å². The summed E-state index contributed by atoms with van der Waals surface area (Å²) in [5.41, 5.74) is 1.81. The molecule has 0 bridgehead atoms. The average molecular weight is 246 g/mol. The quantitative estimate of drug-likeness (QED) is 0.802. The third kappa shape index (κ3) is 3.15. The first-order valence-corrected chi connectivity index (χ1v) is 6.14. The smallest absolute Gasteiger partial charge is 0.0969 e. The molecule has 1 heterocycles. The van der Waals surface area contributed by atoms with E-state index in [9.17, 15) is 0 Å². The standard InChI is InChI=1S/C13H18N4O/c1-2-11(10-18)14-8-12-9-15-17(16-12)13-6-4-3-5-7-13/h3-7,9,11,14,18H,2,8,10H2,1H3. The second-order valence-corrected chi connectivity index (χ2v) is 4.13. The van der Waals surface area contributed by atoms with E-state index < -0.39 is 0 Å². The summed E-state index contributed by atoms with van der Waals surface area (Å²) in [5.74, 6) is 0. The fourth-order valence-electron chi connectivity index (χ4n) is 1.65. The van der Waals surface area contributed by atoms with Gasteiger partial charge in [0.1, 0.15) is 0 Å². The molecule has 1 aromatic carbocycles. The monoisotopic (exact) mass is 246 g/mol. The summed E-state index contributed by atoms with van der Waals surface area (Å²) in [7, 11) is 0. The van der Waals surface area contributed by atoms with Crippen LogP contribution in [0.15, 0.2) is 36.5 Å². The van der Waals surface area contributed by atoms with Gasteiger partial charge >= 0.3 is 0 Å². The Balaban J connectivity index is 1.98. The first-order valence-electron chi connectivity index (χ1n) is 6.14. The van der Waals surface area contributed by atoms with Crippen molar-refractivity contribution in [3.05, 3.63) is 42.2 Å². The van der Waals surface area contributed by atoms with Crippen LogP contribution in [-0.2, 0) is 6.54 Å². The van der Waals surface area contributed by atoms with Crippen molar-refractivity contribution in [3.63, 3.8) is 0 Å². The molecular formula is C13H18N4O. The van der Waals surface area contributed by atoms with Crippen molar-refractivity contribution in [1.82, 2.24) is 20.3 Å². The van der Waals surface area contributed by atoms with Crippen molar-refractivity contribution >= 4 is 0 Å². The van der Waals surface area contributed by atoms with Crippen molar-refractivity contribution in [2.45, 2.75) is 25.9 Å². The number of aliphatic hydroxyl groups is 1. The Morgan fingerprint density at radius 2 is 2.11 bits per heavy atom. The van der Waals surface area contributed by atoms with Gasteiger partial charge in [0.2, 0.25) is 0 Å². The van der Waals surface area contributed by atoms with E-state index in [1.807, 2.05) is 37.3 Å². The van der Waals surface area contributed by atoms with E-state index in [0.29, 0.717) is 6.54 Å². The summed E-state index contributed by atoms with van der Waals surface area (Å²) in [6.07, 6.45) is 2.63. The summed E-state index contributed by atoms with van der Waals surface area (Å²) in [5, 5.41) is 20.9. The zero-order chi connectivity index (χ0) is 12.8. The molecule has 0 aliphatic rings. The van der Waals surface area contributed by atoms with Gasteiger partial charge in [0.15, 0.2) is 0 Å². The summed E-state index contributed by atoms with van der Waals surface area (Å²) < 4.78 is 0. The Kier molecular flexibility index (Phi) is 4.44. The molecule has 1 atom stereocenters. The minimum atomic E-state index is 0.117. The molecule has 0 aliphatic heterocycles. The highest BCUT2D eigenvalue weighted by Gasteiger charge is 2.06. The molecular weight excluding hydrogens is 228 g/mol. The number of aromatic nitrogens is 3. The topological polar surface area (TPSA) is 63.0 Å². The number of benzene rings is 1. The predicted octanol–water partition coefficient (Wildman–Crippen LogP) is 1.13. The Hall–Kier alpha value is -1.72. The van der Waals surface area contributed by atoms with Crippen LogP contribution in [0.3, 0.4) is 0 Å². The van der Waals surface area contributed by atoms with Crippen molar-refractivity contribution in [1.29, 1.82) is 0 Å². The third-order valence-corrected chi connectivity index (χ3v) is 2.81. The zero-order valence-corrected chi connectivity index (χ0v) is 10.5. The molecule has 96 valence electrons. The van der Waals surface area contributed by atoms with Crippen molar-refractivity contribution in [2.24, 2.45) is 0 Å². The highest BCUT2D eigenvalue weighted by Crippen LogP contribution is 2.04. The molecule has 2 rings (SSSR count). The lowest BCUT2D eigenvalue weighted by Crippen LogP contribution is -2.31. The van der Waals surface area contributed by atoms with Gasteiger partial charge in [-0.1, -0.05) is 25.1 Å². The second kappa shape index (κ2) is 6.28. The molecule has 5 heteroatoms. The molecule has 0 fully saturated rings. The van der Waals surface area contributed by atoms with Crippen LogP contribution in [0.2, 0.25) is 0 Å². The fourth-order valence-corrected chi connectivity index (χ4v) is 1.65. The minimum Gasteiger partial charge on any atom is -0.395 e. The predicted molar refractivity (Wildman–Crippen MR) is 69.4 cm³/mol. The fraction of sp³-hybridized carbons (Fsp3) is 0.385. The molecule has 1 unspecified atom stereocenters. The van der Waals surface area contributed by atoms with E-state index in [2.05, 4.69) is 15.5 Å². The number of rotatable bonds is 6. The molecule has 2 N–H and O–H groups in total. The van der Waals surface area contributed by atoms with E-state index in [1.54, 1.807) is 11.0 Å². The molecule has 18 heavy (non-hydrogen) atoms. The van der Waals surface area contributed by atoms with Crippen LogP contribution in [0, 0.1) is 0 Å². The SMILES string of the molecule is CCC(CO)NCc1cnn(-c2ccccc2)n1. The number of nitrogens with one attached hydrogen (secondary N) is 1. The van der Waals surface area contributed by atoms with Crippen molar-refractivity contribution in [3.8, 4) is 5.69 Å². The van der Waals surface area contributed by atoms with Crippen LogP contribution in [0.25, 0.3) is 5.69 Å². The maximum atomic E-state index is 9.08. The maximum absolute atomic E-state index is 9.08. The number of para-hydroxylation sites is 1. The van der Waals surface area contributed by atoms with Crippen LogP contribution in [0.5, 0.6) is 0 Å². The minimum absolute atomic E-state index is 0.117. The molecule has 0 aliphatic carbocycles. The largest absolute Gasteiger partial charge is 0.395 e. The Bertz CT molecular complexity index is 465. The van der Waals surface area contributed by atoms with Crippen LogP contribution < -0.4 is 5.32 Å². The van der Waals surface area contributed by atoms with Gasteiger partial charge in [0.05, 0.1) is 24.2 Å². The van der Waals surface area contributed by atoms with Crippen LogP contribution in [0.1, 0.15) is 19.0 Å². The van der Waals surface area contributed by atoms with Crippen LogP contribution in [-0.4, -0.2) is 32.7 Å². The molecule has 2 aromatic rings. The number of aliphatic hydroxyl groups excluding tert-OH is 1. The second-order valence-electron chi connectivity index (χ2n) is 4.13. The van der Waals surface area contributed by atoms with Crippen LogP contribution >= 0.6 is 0 Å². The first kappa shape index (κ1) is 12.7. The van der Waals surface area contributed by atoms with Gasteiger partial charge in [0, 0.05) is 12.6 Å². The van der Waals surface area contributed by atoms with E-state index in [4.69, 9.17) is 5.11 Å². The van der Waals surface area contributed by atoms with Crippen molar-refractivity contribution in [2.75, 3.05) is 6.61 Å². The average Bonchev–Trinajstić information content (AvgIpc) is 2.90. The number of nitrogens with zero attached hydrogens (tertiary/aromatic N) is 3. The van der Waals surface area contributed by atoms with Gasteiger partial charge in [-0.15, -0.1) is 0 Å². The lowest BCUT2D eigenvalue weighted by Gasteiger charge is -2.11. The van der Waals surface area contributed by atoms with Gasteiger partial charge in [-0.3, -0.25) is 0 Å². The molecule has 5 nitrogen and oxygen atoms in total. The van der Waals surface area contributed by atoms with E-state index in [1.165, 1.54) is 0 Å². The number of hydrogen-bond donors (Lipinski definition) is 2. The Morgan fingerprint density at radius 3 is 2.78 bits per heavy atom. The first-order chi connectivity index (χ1) is 8.83. The molecule has 0 saturated carbocycles. The van der Waals surface area contributed by atoms with E-state index >= 15 is 0 Å². The molecule has 0 radical (unpaired) electrons. The third-order valence-electron chi connectivity index (χ3n) is 2.81. The number of hydrogen-bond acceptors (Lipinski definition) is 4. The lowest BCUT2D eigenvalue weighted by molar-refractivity contribution is 0.238. The lowest BCUT2D eigenvalue weighted by atomic mass is 10.2. The highest BCUT2D eigenvalue weighted by atomic mass is 16.3.